The predicted molar refractivity (Wildman–Crippen MR) is 67.2 cm³/mol. The Morgan fingerprint density at radius 2 is 2.27 bits per heavy atom. The Hall–Kier alpha value is -1.21. The molecule has 78 valence electrons. The van der Waals surface area contributed by atoms with E-state index in [2.05, 4.69) is 31.5 Å². The van der Waals surface area contributed by atoms with Crippen LogP contribution in [0.4, 0.5) is 5.69 Å². The fraction of sp³-hybridized carbons (Fsp3) is 0.231. The fourth-order valence-electron chi connectivity index (χ4n) is 1.80. The maximum Gasteiger partial charge on any atom is 0.0485 e. The van der Waals surface area contributed by atoms with Gasteiger partial charge >= 0.3 is 0 Å². The van der Waals surface area contributed by atoms with Crippen molar-refractivity contribution in [3.05, 3.63) is 47.1 Å². The second kappa shape index (κ2) is 3.74. The molecule has 2 rings (SSSR count). The van der Waals surface area contributed by atoms with Gasteiger partial charge in [0, 0.05) is 22.8 Å². The van der Waals surface area contributed by atoms with Crippen LogP contribution in [0, 0.1) is 0 Å². The molecule has 0 aromatic heterocycles. The SMILES string of the molecule is C=C1Cc2cc(Cl)c(C(=C)CC)cc2N1. The van der Waals surface area contributed by atoms with Crippen LogP contribution in [0.2, 0.25) is 5.02 Å². The second-order valence-electron chi connectivity index (χ2n) is 3.85. The average molecular weight is 220 g/mol. The van der Waals surface area contributed by atoms with Gasteiger partial charge in [0.05, 0.1) is 0 Å². The molecule has 0 saturated carbocycles. The Bertz CT molecular complexity index is 446. The van der Waals surface area contributed by atoms with Crippen molar-refractivity contribution in [1.82, 2.24) is 0 Å². The van der Waals surface area contributed by atoms with Crippen LogP contribution in [0.3, 0.4) is 0 Å². The average Bonchev–Trinajstić information content (AvgIpc) is 2.55. The number of fused-ring (bicyclic) bond motifs is 1. The van der Waals surface area contributed by atoms with E-state index in [1.807, 2.05) is 6.07 Å². The van der Waals surface area contributed by atoms with Crippen LogP contribution in [0.15, 0.2) is 31.0 Å². The van der Waals surface area contributed by atoms with Crippen molar-refractivity contribution in [2.24, 2.45) is 0 Å². The molecule has 0 atom stereocenters. The Labute approximate surface area is 95.5 Å². The molecule has 1 aromatic rings. The van der Waals surface area contributed by atoms with Gasteiger partial charge in [-0.3, -0.25) is 0 Å². The van der Waals surface area contributed by atoms with Crippen LogP contribution in [0.1, 0.15) is 24.5 Å². The summed E-state index contributed by atoms with van der Waals surface area (Å²) in [5.41, 5.74) is 5.48. The summed E-state index contributed by atoms with van der Waals surface area (Å²) in [6.45, 7) is 10.0. The summed E-state index contributed by atoms with van der Waals surface area (Å²) in [7, 11) is 0. The summed E-state index contributed by atoms with van der Waals surface area (Å²) < 4.78 is 0. The van der Waals surface area contributed by atoms with Gasteiger partial charge in [-0.1, -0.05) is 31.7 Å². The molecule has 2 heteroatoms. The fourth-order valence-corrected chi connectivity index (χ4v) is 2.12. The van der Waals surface area contributed by atoms with E-state index in [1.165, 1.54) is 5.56 Å². The number of anilines is 1. The molecule has 1 aliphatic heterocycles. The molecule has 0 bridgehead atoms. The maximum atomic E-state index is 6.21. The van der Waals surface area contributed by atoms with Gasteiger partial charge in [-0.15, -0.1) is 0 Å². The quantitative estimate of drug-likeness (QED) is 0.785. The van der Waals surface area contributed by atoms with E-state index in [0.717, 1.165) is 40.4 Å². The Kier molecular flexibility index (Phi) is 2.57. The van der Waals surface area contributed by atoms with E-state index >= 15 is 0 Å². The van der Waals surface area contributed by atoms with E-state index in [4.69, 9.17) is 11.6 Å². The highest BCUT2D eigenvalue weighted by Gasteiger charge is 2.16. The molecule has 0 radical (unpaired) electrons. The number of hydrogen-bond donors (Lipinski definition) is 1. The number of halogens is 1. The molecule has 1 aliphatic rings. The topological polar surface area (TPSA) is 12.0 Å². The van der Waals surface area contributed by atoms with Gasteiger partial charge in [-0.2, -0.15) is 0 Å². The van der Waals surface area contributed by atoms with Crippen molar-refractivity contribution in [3.63, 3.8) is 0 Å². The first kappa shape index (κ1) is 10.3. The van der Waals surface area contributed by atoms with E-state index < -0.39 is 0 Å². The van der Waals surface area contributed by atoms with Crippen molar-refractivity contribution in [1.29, 1.82) is 0 Å². The third-order valence-corrected chi connectivity index (χ3v) is 3.03. The number of nitrogens with one attached hydrogen (secondary N) is 1. The number of allylic oxidation sites excluding steroid dienone is 2. The molecule has 0 fully saturated rings. The van der Waals surface area contributed by atoms with Crippen LogP contribution in [0.5, 0.6) is 0 Å². The predicted octanol–water partition coefficient (Wildman–Crippen LogP) is 4.24. The highest BCUT2D eigenvalue weighted by atomic mass is 35.5. The van der Waals surface area contributed by atoms with Crippen LogP contribution in [-0.4, -0.2) is 0 Å². The molecule has 0 spiro atoms. The van der Waals surface area contributed by atoms with Gasteiger partial charge in [-0.05, 0) is 35.3 Å². The minimum atomic E-state index is 0.789. The van der Waals surface area contributed by atoms with Crippen molar-refractivity contribution in [2.75, 3.05) is 5.32 Å². The summed E-state index contributed by atoms with van der Waals surface area (Å²) in [6, 6.07) is 4.08. The molecule has 0 saturated heterocycles. The Morgan fingerprint density at radius 3 is 2.93 bits per heavy atom. The van der Waals surface area contributed by atoms with Crippen molar-refractivity contribution in [3.8, 4) is 0 Å². The Morgan fingerprint density at radius 1 is 1.53 bits per heavy atom. The van der Waals surface area contributed by atoms with E-state index in [9.17, 15) is 0 Å². The third kappa shape index (κ3) is 1.80. The van der Waals surface area contributed by atoms with Crippen LogP contribution in [0.25, 0.3) is 5.57 Å². The van der Waals surface area contributed by atoms with E-state index in [-0.39, 0.29) is 0 Å². The zero-order valence-corrected chi connectivity index (χ0v) is 9.62. The van der Waals surface area contributed by atoms with Gasteiger partial charge in [0.2, 0.25) is 0 Å². The lowest BCUT2D eigenvalue weighted by molar-refractivity contribution is 1.24. The molecule has 0 unspecified atom stereocenters. The lowest BCUT2D eigenvalue weighted by Gasteiger charge is -2.08. The lowest BCUT2D eigenvalue weighted by atomic mass is 10.0. The zero-order chi connectivity index (χ0) is 11.0. The lowest BCUT2D eigenvalue weighted by Crippen LogP contribution is -1.90. The number of benzene rings is 1. The van der Waals surface area contributed by atoms with Crippen molar-refractivity contribution < 1.29 is 0 Å². The summed E-state index contributed by atoms with van der Waals surface area (Å²) in [5.74, 6) is 0. The highest BCUT2D eigenvalue weighted by molar-refractivity contribution is 6.32. The first-order valence-electron chi connectivity index (χ1n) is 5.07. The van der Waals surface area contributed by atoms with Crippen LogP contribution >= 0.6 is 11.6 Å². The van der Waals surface area contributed by atoms with Crippen LogP contribution in [-0.2, 0) is 6.42 Å². The normalized spacial score (nSPS) is 13.6. The number of hydrogen-bond acceptors (Lipinski definition) is 1. The minimum absolute atomic E-state index is 0.789. The molecular formula is C13H14ClN. The third-order valence-electron chi connectivity index (χ3n) is 2.72. The highest BCUT2D eigenvalue weighted by Crippen LogP contribution is 2.35. The largest absolute Gasteiger partial charge is 0.359 e. The van der Waals surface area contributed by atoms with Gasteiger partial charge in [0.1, 0.15) is 0 Å². The van der Waals surface area contributed by atoms with Gasteiger partial charge in [0.25, 0.3) is 0 Å². The standard InChI is InChI=1S/C13H14ClN/c1-4-8(2)11-7-13-10(6-12(11)14)5-9(3)15-13/h6-7,15H,2-5H2,1H3. The zero-order valence-electron chi connectivity index (χ0n) is 8.86. The van der Waals surface area contributed by atoms with Gasteiger partial charge in [0.15, 0.2) is 0 Å². The van der Waals surface area contributed by atoms with Crippen molar-refractivity contribution in [2.45, 2.75) is 19.8 Å². The molecule has 1 N–H and O–H groups in total. The minimum Gasteiger partial charge on any atom is -0.359 e. The van der Waals surface area contributed by atoms with Crippen molar-refractivity contribution >= 4 is 22.9 Å². The molecule has 1 heterocycles. The monoisotopic (exact) mass is 219 g/mol. The summed E-state index contributed by atoms with van der Waals surface area (Å²) in [5, 5.41) is 4.04. The van der Waals surface area contributed by atoms with Gasteiger partial charge < -0.3 is 5.32 Å². The first-order chi connectivity index (χ1) is 7.11. The summed E-state index contributed by atoms with van der Waals surface area (Å²) in [6.07, 6.45) is 1.79. The molecule has 1 nitrogen and oxygen atoms in total. The molecule has 0 amide bonds. The molecule has 1 aromatic carbocycles. The summed E-state index contributed by atoms with van der Waals surface area (Å²) >= 11 is 6.21. The Balaban J connectivity index is 2.48. The molecule has 0 aliphatic carbocycles. The smallest absolute Gasteiger partial charge is 0.0485 e. The first-order valence-corrected chi connectivity index (χ1v) is 5.45. The maximum absolute atomic E-state index is 6.21. The van der Waals surface area contributed by atoms with Gasteiger partial charge in [-0.25, -0.2) is 0 Å². The number of rotatable bonds is 2. The second-order valence-corrected chi connectivity index (χ2v) is 4.26. The van der Waals surface area contributed by atoms with E-state index in [1.54, 1.807) is 0 Å². The molecule has 15 heavy (non-hydrogen) atoms. The summed E-state index contributed by atoms with van der Waals surface area (Å²) in [4.78, 5) is 0. The van der Waals surface area contributed by atoms with Crippen LogP contribution < -0.4 is 5.32 Å². The van der Waals surface area contributed by atoms with E-state index in [0.29, 0.717) is 0 Å². The molecular weight excluding hydrogens is 206 g/mol.